The Bertz CT molecular complexity index is 547. The SMILES string of the molecule is CC[C@@H](O)c1ccc(OCc2c(F)cccc2F)cc1. The van der Waals surface area contributed by atoms with Crippen LogP contribution in [0.5, 0.6) is 5.75 Å². The Morgan fingerprint density at radius 2 is 1.65 bits per heavy atom. The van der Waals surface area contributed by atoms with Crippen LogP contribution in [-0.4, -0.2) is 5.11 Å². The van der Waals surface area contributed by atoms with Crippen LogP contribution in [0.2, 0.25) is 0 Å². The monoisotopic (exact) mass is 278 g/mol. The Hall–Kier alpha value is -1.94. The van der Waals surface area contributed by atoms with Crippen molar-refractivity contribution < 1.29 is 18.6 Å². The Labute approximate surface area is 116 Å². The van der Waals surface area contributed by atoms with Crippen LogP contribution in [-0.2, 0) is 6.61 Å². The summed E-state index contributed by atoms with van der Waals surface area (Å²) in [6.07, 6.45) is 0.119. The van der Waals surface area contributed by atoms with Gasteiger partial charge in [0.05, 0.1) is 11.7 Å². The van der Waals surface area contributed by atoms with Crippen molar-refractivity contribution in [3.05, 3.63) is 65.2 Å². The molecule has 0 radical (unpaired) electrons. The average Bonchev–Trinajstić information content (AvgIpc) is 2.46. The van der Waals surface area contributed by atoms with Gasteiger partial charge in [-0.3, -0.25) is 0 Å². The van der Waals surface area contributed by atoms with Gasteiger partial charge >= 0.3 is 0 Å². The normalized spacial score (nSPS) is 12.2. The number of rotatable bonds is 5. The van der Waals surface area contributed by atoms with Crippen LogP contribution in [0.3, 0.4) is 0 Å². The van der Waals surface area contributed by atoms with Gasteiger partial charge in [-0.15, -0.1) is 0 Å². The smallest absolute Gasteiger partial charge is 0.132 e. The lowest BCUT2D eigenvalue weighted by Gasteiger charge is -2.11. The highest BCUT2D eigenvalue weighted by Crippen LogP contribution is 2.21. The topological polar surface area (TPSA) is 29.5 Å². The number of hydrogen-bond acceptors (Lipinski definition) is 2. The fourth-order valence-electron chi connectivity index (χ4n) is 1.85. The summed E-state index contributed by atoms with van der Waals surface area (Å²) in [6.45, 7) is 1.71. The van der Waals surface area contributed by atoms with Gasteiger partial charge < -0.3 is 9.84 Å². The maximum atomic E-state index is 13.4. The number of ether oxygens (including phenoxy) is 1. The summed E-state index contributed by atoms with van der Waals surface area (Å²) in [4.78, 5) is 0. The molecule has 0 aliphatic rings. The molecule has 0 fully saturated rings. The lowest BCUT2D eigenvalue weighted by Crippen LogP contribution is -2.02. The van der Waals surface area contributed by atoms with Gasteiger partial charge in [-0.05, 0) is 36.2 Å². The molecule has 0 aliphatic heterocycles. The summed E-state index contributed by atoms with van der Waals surface area (Å²) in [5, 5.41) is 9.66. The first kappa shape index (κ1) is 14.5. The predicted molar refractivity (Wildman–Crippen MR) is 72.4 cm³/mol. The number of halogens is 2. The van der Waals surface area contributed by atoms with E-state index in [1.54, 1.807) is 24.3 Å². The molecule has 2 aromatic carbocycles. The molecule has 2 nitrogen and oxygen atoms in total. The van der Waals surface area contributed by atoms with E-state index in [0.29, 0.717) is 12.2 Å². The van der Waals surface area contributed by atoms with Crippen molar-refractivity contribution in [1.82, 2.24) is 0 Å². The molecule has 0 aromatic heterocycles. The van der Waals surface area contributed by atoms with Gasteiger partial charge in [-0.25, -0.2) is 8.78 Å². The van der Waals surface area contributed by atoms with Crippen molar-refractivity contribution in [1.29, 1.82) is 0 Å². The quantitative estimate of drug-likeness (QED) is 0.896. The summed E-state index contributed by atoms with van der Waals surface area (Å²) >= 11 is 0. The van der Waals surface area contributed by atoms with Crippen LogP contribution in [0.1, 0.15) is 30.6 Å². The number of aliphatic hydroxyl groups excluding tert-OH is 1. The first-order valence-corrected chi connectivity index (χ1v) is 6.45. The van der Waals surface area contributed by atoms with Crippen LogP contribution in [0.4, 0.5) is 8.78 Å². The van der Waals surface area contributed by atoms with E-state index >= 15 is 0 Å². The predicted octanol–water partition coefficient (Wildman–Crippen LogP) is 3.99. The molecule has 0 amide bonds. The molecule has 2 aromatic rings. The van der Waals surface area contributed by atoms with Crippen molar-refractivity contribution in [2.75, 3.05) is 0 Å². The zero-order valence-electron chi connectivity index (χ0n) is 11.1. The standard InChI is InChI=1S/C16H16F2O2/c1-2-16(19)11-6-8-12(9-7-11)20-10-13-14(17)4-3-5-15(13)18/h3-9,16,19H,2,10H2,1H3/t16-/m1/s1. The highest BCUT2D eigenvalue weighted by Gasteiger charge is 2.09. The van der Waals surface area contributed by atoms with Gasteiger partial charge in [0.25, 0.3) is 0 Å². The van der Waals surface area contributed by atoms with Crippen LogP contribution in [0, 0.1) is 11.6 Å². The average molecular weight is 278 g/mol. The van der Waals surface area contributed by atoms with Crippen LogP contribution in [0.15, 0.2) is 42.5 Å². The second-order valence-electron chi connectivity index (χ2n) is 4.48. The molecule has 0 saturated heterocycles. The second-order valence-corrected chi connectivity index (χ2v) is 4.48. The fourth-order valence-corrected chi connectivity index (χ4v) is 1.85. The maximum absolute atomic E-state index is 13.4. The third-order valence-electron chi connectivity index (χ3n) is 3.10. The molecule has 2 rings (SSSR count). The fraction of sp³-hybridized carbons (Fsp3) is 0.250. The molecule has 1 N–H and O–H groups in total. The minimum Gasteiger partial charge on any atom is -0.489 e. The van der Waals surface area contributed by atoms with E-state index in [-0.39, 0.29) is 12.2 Å². The maximum Gasteiger partial charge on any atom is 0.132 e. The number of benzene rings is 2. The zero-order valence-corrected chi connectivity index (χ0v) is 11.1. The van der Waals surface area contributed by atoms with Crippen LogP contribution < -0.4 is 4.74 Å². The molecular formula is C16H16F2O2. The molecule has 1 atom stereocenters. The summed E-state index contributed by atoms with van der Waals surface area (Å²) in [5.41, 5.74) is 0.696. The Morgan fingerprint density at radius 1 is 1.05 bits per heavy atom. The molecule has 20 heavy (non-hydrogen) atoms. The molecule has 0 unspecified atom stereocenters. The lowest BCUT2D eigenvalue weighted by molar-refractivity contribution is 0.173. The van der Waals surface area contributed by atoms with Crippen molar-refractivity contribution in [3.8, 4) is 5.75 Å². The van der Waals surface area contributed by atoms with Crippen molar-refractivity contribution in [2.24, 2.45) is 0 Å². The molecule has 0 saturated carbocycles. The van der Waals surface area contributed by atoms with E-state index in [0.717, 1.165) is 5.56 Å². The molecule has 0 aliphatic carbocycles. The van der Waals surface area contributed by atoms with Crippen molar-refractivity contribution >= 4 is 0 Å². The summed E-state index contributed by atoms with van der Waals surface area (Å²) in [5.74, 6) is -0.745. The van der Waals surface area contributed by atoms with Gasteiger partial charge in [0.2, 0.25) is 0 Å². The van der Waals surface area contributed by atoms with E-state index in [9.17, 15) is 13.9 Å². The van der Waals surface area contributed by atoms with E-state index in [1.165, 1.54) is 18.2 Å². The van der Waals surface area contributed by atoms with Gasteiger partial charge in [-0.2, -0.15) is 0 Å². The Morgan fingerprint density at radius 3 is 2.20 bits per heavy atom. The third-order valence-corrected chi connectivity index (χ3v) is 3.10. The molecule has 0 spiro atoms. The highest BCUT2D eigenvalue weighted by atomic mass is 19.1. The molecule has 4 heteroatoms. The Kier molecular flexibility index (Phi) is 4.69. The van der Waals surface area contributed by atoms with Gasteiger partial charge in [0.1, 0.15) is 24.0 Å². The summed E-state index contributed by atoms with van der Waals surface area (Å²) in [6, 6.07) is 10.5. The molecule has 0 heterocycles. The van der Waals surface area contributed by atoms with Gasteiger partial charge in [-0.1, -0.05) is 25.1 Å². The van der Waals surface area contributed by atoms with E-state index < -0.39 is 17.7 Å². The van der Waals surface area contributed by atoms with Crippen LogP contribution in [0.25, 0.3) is 0 Å². The minimum absolute atomic E-state index is 0.0924. The van der Waals surface area contributed by atoms with E-state index in [2.05, 4.69) is 0 Å². The first-order chi connectivity index (χ1) is 9.61. The minimum atomic E-state index is -0.622. The molecule has 106 valence electrons. The van der Waals surface area contributed by atoms with Crippen molar-refractivity contribution in [2.45, 2.75) is 26.1 Å². The largest absolute Gasteiger partial charge is 0.489 e. The highest BCUT2D eigenvalue weighted by molar-refractivity contribution is 5.29. The van der Waals surface area contributed by atoms with Gasteiger partial charge in [0, 0.05) is 0 Å². The Balaban J connectivity index is 2.04. The van der Waals surface area contributed by atoms with Crippen LogP contribution >= 0.6 is 0 Å². The van der Waals surface area contributed by atoms with E-state index in [1.807, 2.05) is 6.92 Å². The van der Waals surface area contributed by atoms with Crippen molar-refractivity contribution in [3.63, 3.8) is 0 Å². The number of aliphatic hydroxyl groups is 1. The zero-order chi connectivity index (χ0) is 14.5. The third kappa shape index (κ3) is 3.33. The van der Waals surface area contributed by atoms with E-state index in [4.69, 9.17) is 4.74 Å². The first-order valence-electron chi connectivity index (χ1n) is 6.45. The van der Waals surface area contributed by atoms with Gasteiger partial charge in [0.15, 0.2) is 0 Å². The molecule has 0 bridgehead atoms. The summed E-state index contributed by atoms with van der Waals surface area (Å²) in [7, 11) is 0. The summed E-state index contributed by atoms with van der Waals surface area (Å²) < 4.78 is 32.2. The second kappa shape index (κ2) is 6.48. The lowest BCUT2D eigenvalue weighted by atomic mass is 10.1. The molecular weight excluding hydrogens is 262 g/mol. The number of hydrogen-bond donors (Lipinski definition) is 1.